The van der Waals surface area contributed by atoms with Gasteiger partial charge >= 0.3 is 0 Å². The Morgan fingerprint density at radius 1 is 1.40 bits per heavy atom. The van der Waals surface area contributed by atoms with Crippen molar-refractivity contribution < 1.29 is 4.79 Å². The summed E-state index contributed by atoms with van der Waals surface area (Å²) in [5.41, 5.74) is 1.07. The van der Waals surface area contributed by atoms with Crippen LogP contribution in [0.4, 0.5) is 0 Å². The summed E-state index contributed by atoms with van der Waals surface area (Å²) in [6.45, 7) is 5.77. The van der Waals surface area contributed by atoms with E-state index >= 15 is 0 Å². The molecule has 2 aromatic rings. The van der Waals surface area contributed by atoms with Crippen molar-refractivity contribution in [2.45, 2.75) is 19.8 Å². The largest absolute Gasteiger partial charge is 0.293 e. The third kappa shape index (κ3) is 2.36. The molecule has 0 aliphatic carbocycles. The van der Waals surface area contributed by atoms with Gasteiger partial charge < -0.3 is 0 Å². The molecule has 3 heteroatoms. The van der Waals surface area contributed by atoms with Crippen LogP contribution < -0.4 is 0 Å². The summed E-state index contributed by atoms with van der Waals surface area (Å²) in [5.74, 6) is 0.242. The van der Waals surface area contributed by atoms with Gasteiger partial charge in [-0.05, 0) is 30.9 Å². The normalized spacial score (nSPS) is 10.7. The number of hydrogen-bond acceptors (Lipinski definition) is 3. The van der Waals surface area contributed by atoms with Gasteiger partial charge in [-0.3, -0.25) is 4.79 Å². The highest BCUT2D eigenvalue weighted by Gasteiger charge is 2.10. The van der Waals surface area contributed by atoms with Crippen molar-refractivity contribution in [1.82, 2.24) is 0 Å². The summed E-state index contributed by atoms with van der Waals surface area (Å²) < 4.78 is 2.44. The van der Waals surface area contributed by atoms with Crippen molar-refractivity contribution in [3.8, 4) is 0 Å². The molecule has 0 spiro atoms. The van der Waals surface area contributed by atoms with Crippen LogP contribution in [-0.2, 0) is 0 Å². The number of fused-ring (bicyclic) bond motifs is 1. The highest BCUT2D eigenvalue weighted by Crippen LogP contribution is 2.30. The van der Waals surface area contributed by atoms with Gasteiger partial charge in [-0.1, -0.05) is 5.57 Å². The van der Waals surface area contributed by atoms with Crippen molar-refractivity contribution in [2.24, 2.45) is 0 Å². The molecule has 0 saturated heterocycles. The molecule has 2 heterocycles. The molecule has 0 radical (unpaired) electrons. The summed E-state index contributed by atoms with van der Waals surface area (Å²) in [6, 6.07) is 4.08. The van der Waals surface area contributed by atoms with Crippen LogP contribution in [0.2, 0.25) is 0 Å². The summed E-state index contributed by atoms with van der Waals surface area (Å²) >= 11 is 3.29. The molecule has 0 saturated carbocycles. The van der Waals surface area contributed by atoms with Crippen LogP contribution in [-0.4, -0.2) is 5.78 Å². The lowest BCUT2D eigenvalue weighted by atomic mass is 10.1. The van der Waals surface area contributed by atoms with Crippen LogP contribution in [0.25, 0.3) is 9.40 Å². The van der Waals surface area contributed by atoms with E-state index in [0.29, 0.717) is 6.42 Å². The molecule has 0 N–H and O–H groups in total. The Morgan fingerprint density at radius 3 is 2.87 bits per heavy atom. The molecule has 2 rings (SSSR count). The maximum atomic E-state index is 11.8. The molecule has 0 aromatic carbocycles. The zero-order chi connectivity index (χ0) is 10.8. The molecule has 0 aliphatic heterocycles. The van der Waals surface area contributed by atoms with Crippen molar-refractivity contribution in [1.29, 1.82) is 0 Å². The van der Waals surface area contributed by atoms with Crippen LogP contribution in [0.3, 0.4) is 0 Å². The molecule has 15 heavy (non-hydrogen) atoms. The topological polar surface area (TPSA) is 17.1 Å². The quantitative estimate of drug-likeness (QED) is 0.564. The fourth-order valence-electron chi connectivity index (χ4n) is 1.35. The number of carbonyl (C=O) groups excluding carboxylic acids is 1. The minimum Gasteiger partial charge on any atom is -0.293 e. The van der Waals surface area contributed by atoms with E-state index in [0.717, 1.165) is 16.9 Å². The lowest BCUT2D eigenvalue weighted by Crippen LogP contribution is -1.95. The maximum absolute atomic E-state index is 11.8. The Hall–Kier alpha value is -0.930. The highest BCUT2D eigenvalue weighted by atomic mass is 32.1. The number of rotatable bonds is 4. The first-order valence-electron chi connectivity index (χ1n) is 4.81. The minimum absolute atomic E-state index is 0.242. The Morgan fingerprint density at radius 2 is 2.20 bits per heavy atom. The van der Waals surface area contributed by atoms with Crippen molar-refractivity contribution in [2.75, 3.05) is 0 Å². The molecule has 0 aliphatic rings. The van der Waals surface area contributed by atoms with Gasteiger partial charge in [0.05, 0.1) is 4.88 Å². The lowest BCUT2D eigenvalue weighted by Gasteiger charge is -1.96. The Bertz CT molecular complexity index is 476. The van der Waals surface area contributed by atoms with Crippen LogP contribution in [0.15, 0.2) is 29.7 Å². The van der Waals surface area contributed by atoms with Gasteiger partial charge in [0.15, 0.2) is 5.78 Å². The first-order chi connectivity index (χ1) is 7.16. The van der Waals surface area contributed by atoms with Gasteiger partial charge in [0.1, 0.15) is 0 Å². The fraction of sp³-hybridized carbons (Fsp3) is 0.250. The zero-order valence-electron chi connectivity index (χ0n) is 8.58. The smallest absolute Gasteiger partial charge is 0.173 e. The van der Waals surface area contributed by atoms with Gasteiger partial charge in [0.2, 0.25) is 0 Å². The second-order valence-electron chi connectivity index (χ2n) is 3.64. The SMILES string of the molecule is C=C(C)CCC(=O)c1cc2sccc2s1. The number of thiophene rings is 2. The molecule has 78 valence electrons. The van der Waals surface area contributed by atoms with Crippen molar-refractivity contribution in [3.63, 3.8) is 0 Å². The van der Waals surface area contributed by atoms with Gasteiger partial charge in [0, 0.05) is 15.8 Å². The van der Waals surface area contributed by atoms with E-state index in [-0.39, 0.29) is 5.78 Å². The van der Waals surface area contributed by atoms with E-state index in [1.54, 1.807) is 22.7 Å². The molecule has 0 fully saturated rings. The van der Waals surface area contributed by atoms with Gasteiger partial charge in [-0.2, -0.15) is 0 Å². The predicted molar refractivity (Wildman–Crippen MR) is 68.1 cm³/mol. The summed E-state index contributed by atoms with van der Waals surface area (Å²) in [5, 5.41) is 2.06. The molecule has 1 nitrogen and oxygen atoms in total. The van der Waals surface area contributed by atoms with E-state index in [9.17, 15) is 4.79 Å². The first-order valence-corrected chi connectivity index (χ1v) is 6.51. The second-order valence-corrected chi connectivity index (χ2v) is 5.67. The predicted octanol–water partition coefficient (Wildman–Crippen LogP) is 4.50. The zero-order valence-corrected chi connectivity index (χ0v) is 10.2. The van der Waals surface area contributed by atoms with Crippen molar-refractivity contribution in [3.05, 3.63) is 34.5 Å². The van der Waals surface area contributed by atoms with E-state index < -0.39 is 0 Å². The minimum atomic E-state index is 0.242. The molecule has 0 bridgehead atoms. The standard InChI is InChI=1S/C12H12OS2/c1-8(2)3-4-9(13)11-7-12-10(15-11)5-6-14-12/h5-7H,1,3-4H2,2H3. The Balaban J connectivity index is 2.13. The summed E-state index contributed by atoms with van der Waals surface area (Å²) in [7, 11) is 0. The lowest BCUT2D eigenvalue weighted by molar-refractivity contribution is 0.0987. The summed E-state index contributed by atoms with van der Waals surface area (Å²) in [4.78, 5) is 12.7. The van der Waals surface area contributed by atoms with Gasteiger partial charge in [0.25, 0.3) is 0 Å². The Kier molecular flexibility index (Phi) is 3.03. The average Bonchev–Trinajstić information content (AvgIpc) is 2.72. The Labute approximate surface area is 97.1 Å². The number of ketones is 1. The van der Waals surface area contributed by atoms with Crippen LogP contribution in [0, 0.1) is 0 Å². The van der Waals surface area contributed by atoms with E-state index in [1.807, 2.05) is 13.0 Å². The van der Waals surface area contributed by atoms with E-state index in [2.05, 4.69) is 18.0 Å². The van der Waals surface area contributed by atoms with Crippen LogP contribution >= 0.6 is 22.7 Å². The molecule has 2 aromatic heterocycles. The molecule has 0 atom stereocenters. The molecular weight excluding hydrogens is 224 g/mol. The van der Waals surface area contributed by atoms with Crippen LogP contribution in [0.5, 0.6) is 0 Å². The fourth-order valence-corrected chi connectivity index (χ4v) is 3.43. The number of carbonyl (C=O) groups is 1. The molecular formula is C12H12OS2. The molecule has 0 unspecified atom stereocenters. The highest BCUT2D eigenvalue weighted by molar-refractivity contribution is 7.27. The van der Waals surface area contributed by atoms with Crippen LogP contribution in [0.1, 0.15) is 29.4 Å². The maximum Gasteiger partial charge on any atom is 0.173 e. The first kappa shape index (κ1) is 10.6. The van der Waals surface area contributed by atoms with E-state index in [4.69, 9.17) is 0 Å². The number of allylic oxidation sites excluding steroid dienone is 1. The molecule has 0 amide bonds. The van der Waals surface area contributed by atoms with E-state index in [1.165, 1.54) is 9.40 Å². The summed E-state index contributed by atoms with van der Waals surface area (Å²) in [6.07, 6.45) is 1.38. The van der Waals surface area contributed by atoms with Gasteiger partial charge in [-0.25, -0.2) is 0 Å². The van der Waals surface area contributed by atoms with Crippen molar-refractivity contribution >= 4 is 37.9 Å². The number of Topliss-reactive ketones (excluding diaryl/α,β-unsaturated/α-hetero) is 1. The third-order valence-electron chi connectivity index (χ3n) is 2.19. The third-order valence-corrected chi connectivity index (χ3v) is 4.33. The van der Waals surface area contributed by atoms with Gasteiger partial charge in [-0.15, -0.1) is 29.3 Å². The number of hydrogen-bond donors (Lipinski definition) is 0. The average molecular weight is 236 g/mol. The second kappa shape index (κ2) is 4.29. The monoisotopic (exact) mass is 236 g/mol.